The molecule has 0 heterocycles. The highest BCUT2D eigenvalue weighted by molar-refractivity contribution is 5.77. The van der Waals surface area contributed by atoms with Crippen LogP contribution in [0.4, 0.5) is 13.2 Å². The quantitative estimate of drug-likeness (QED) is 0.842. The third-order valence-corrected chi connectivity index (χ3v) is 2.93. The summed E-state index contributed by atoms with van der Waals surface area (Å²) in [5.41, 5.74) is 0.954. The number of ether oxygens (including phenoxy) is 2. The highest BCUT2D eigenvalue weighted by atomic mass is 19.4. The monoisotopic (exact) mass is 339 g/mol. The largest absolute Gasteiger partial charge is 0.485 e. The Morgan fingerprint density at radius 1 is 0.917 bits per heavy atom. The van der Waals surface area contributed by atoms with Crippen LogP contribution in [0.1, 0.15) is 5.56 Å². The van der Waals surface area contributed by atoms with Crippen molar-refractivity contribution in [1.29, 1.82) is 0 Å². The molecule has 7 heteroatoms. The predicted molar refractivity (Wildman–Crippen MR) is 81.8 cm³/mol. The maximum atomic E-state index is 12.0. The molecule has 0 saturated heterocycles. The molecule has 0 spiro atoms. The van der Waals surface area contributed by atoms with Gasteiger partial charge < -0.3 is 14.8 Å². The second kappa shape index (κ2) is 8.24. The molecule has 0 saturated carbocycles. The summed E-state index contributed by atoms with van der Waals surface area (Å²) < 4.78 is 47.0. The lowest BCUT2D eigenvalue weighted by Gasteiger charge is -2.13. The summed E-state index contributed by atoms with van der Waals surface area (Å²) in [6.07, 6.45) is -4.45. The molecule has 0 fully saturated rings. The molecular formula is C17H16F3NO3. The molecule has 2 rings (SSSR count). The molecule has 24 heavy (non-hydrogen) atoms. The van der Waals surface area contributed by atoms with E-state index in [2.05, 4.69) is 0 Å². The van der Waals surface area contributed by atoms with Crippen LogP contribution < -0.4 is 14.8 Å². The minimum absolute atomic E-state index is 0.288. The lowest BCUT2D eigenvalue weighted by molar-refractivity contribution is -0.139. The molecule has 0 aliphatic rings. The summed E-state index contributed by atoms with van der Waals surface area (Å²) in [4.78, 5) is 11.4. The Bertz CT molecular complexity index is 660. The number of hydrogen-bond acceptors (Lipinski definition) is 3. The van der Waals surface area contributed by atoms with Crippen LogP contribution in [0, 0.1) is 0 Å². The van der Waals surface area contributed by atoms with Crippen molar-refractivity contribution in [2.45, 2.75) is 12.8 Å². The average molecular weight is 339 g/mol. The Balaban J connectivity index is 1.88. The van der Waals surface area contributed by atoms with Gasteiger partial charge in [-0.15, -0.1) is 0 Å². The van der Waals surface area contributed by atoms with Gasteiger partial charge in [0.05, 0.1) is 0 Å². The fourth-order valence-electron chi connectivity index (χ4n) is 1.82. The fourth-order valence-corrected chi connectivity index (χ4v) is 1.82. The van der Waals surface area contributed by atoms with Gasteiger partial charge in [0.25, 0.3) is 5.91 Å². The van der Waals surface area contributed by atoms with E-state index in [4.69, 9.17) is 9.47 Å². The van der Waals surface area contributed by atoms with Crippen molar-refractivity contribution in [3.05, 3.63) is 60.2 Å². The summed E-state index contributed by atoms with van der Waals surface area (Å²) in [7, 11) is 0. The molecule has 1 amide bonds. The second-order valence-electron chi connectivity index (χ2n) is 4.90. The number of rotatable bonds is 7. The molecule has 128 valence electrons. The highest BCUT2D eigenvalue weighted by Gasteiger charge is 2.27. The van der Waals surface area contributed by atoms with Crippen LogP contribution in [0.5, 0.6) is 11.5 Å². The molecule has 2 aromatic rings. The maximum absolute atomic E-state index is 12.0. The van der Waals surface area contributed by atoms with E-state index in [1.165, 1.54) is 0 Å². The summed E-state index contributed by atoms with van der Waals surface area (Å²) >= 11 is 0. The Labute approximate surface area is 137 Å². The normalized spacial score (nSPS) is 11.0. The van der Waals surface area contributed by atoms with Crippen molar-refractivity contribution in [2.75, 3.05) is 13.2 Å². The van der Waals surface area contributed by atoms with Crippen LogP contribution in [0.3, 0.4) is 0 Å². The van der Waals surface area contributed by atoms with Crippen molar-refractivity contribution in [2.24, 2.45) is 0 Å². The van der Waals surface area contributed by atoms with Gasteiger partial charge in [-0.25, -0.2) is 0 Å². The van der Waals surface area contributed by atoms with Crippen molar-refractivity contribution in [3.8, 4) is 11.5 Å². The zero-order chi connectivity index (χ0) is 17.4. The lowest BCUT2D eigenvalue weighted by Crippen LogP contribution is -2.36. The molecule has 2 aromatic carbocycles. The maximum Gasteiger partial charge on any atom is 0.405 e. The third kappa shape index (κ3) is 6.20. The zero-order valence-electron chi connectivity index (χ0n) is 12.7. The van der Waals surface area contributed by atoms with Gasteiger partial charge in [0, 0.05) is 0 Å². The summed E-state index contributed by atoms with van der Waals surface area (Å²) in [5, 5.41) is 1.74. The van der Waals surface area contributed by atoms with Crippen molar-refractivity contribution < 1.29 is 27.4 Å². The predicted octanol–water partition coefficient (Wildman–Crippen LogP) is 3.32. The molecule has 0 aromatic heterocycles. The zero-order valence-corrected chi connectivity index (χ0v) is 12.7. The Morgan fingerprint density at radius 2 is 1.50 bits per heavy atom. The number of carbonyl (C=O) groups excluding carboxylic acids is 1. The second-order valence-corrected chi connectivity index (χ2v) is 4.90. The first-order chi connectivity index (χ1) is 11.4. The van der Waals surface area contributed by atoms with Gasteiger partial charge in [0.1, 0.15) is 13.2 Å². The van der Waals surface area contributed by atoms with Gasteiger partial charge in [-0.3, -0.25) is 4.79 Å². The number of hydrogen-bond donors (Lipinski definition) is 1. The van der Waals surface area contributed by atoms with E-state index >= 15 is 0 Å². The van der Waals surface area contributed by atoms with E-state index in [9.17, 15) is 18.0 Å². The SMILES string of the molecule is O=C(COc1ccccc1OCc1ccccc1)NCC(F)(F)F. The minimum Gasteiger partial charge on any atom is -0.485 e. The summed E-state index contributed by atoms with van der Waals surface area (Å²) in [5.74, 6) is -0.161. The van der Waals surface area contributed by atoms with Crippen LogP contribution in [0.15, 0.2) is 54.6 Å². The van der Waals surface area contributed by atoms with Gasteiger partial charge in [-0.2, -0.15) is 13.2 Å². The standard InChI is InChI=1S/C17H16F3NO3/c18-17(19,20)12-21-16(22)11-24-15-9-5-4-8-14(15)23-10-13-6-2-1-3-7-13/h1-9H,10-12H2,(H,21,22). The van der Waals surface area contributed by atoms with Crippen molar-refractivity contribution in [1.82, 2.24) is 5.32 Å². The average Bonchev–Trinajstić information content (AvgIpc) is 2.57. The Kier molecular flexibility index (Phi) is 6.06. The first-order valence-electron chi connectivity index (χ1n) is 7.16. The number of alkyl halides is 3. The molecule has 0 aliphatic heterocycles. The minimum atomic E-state index is -4.45. The number of carbonyl (C=O) groups is 1. The first-order valence-corrected chi connectivity index (χ1v) is 7.16. The molecule has 0 atom stereocenters. The molecule has 0 aliphatic carbocycles. The van der Waals surface area contributed by atoms with E-state index in [1.807, 2.05) is 30.3 Å². The number of nitrogens with one attached hydrogen (secondary N) is 1. The van der Waals surface area contributed by atoms with Crippen LogP contribution in [0.2, 0.25) is 0 Å². The van der Waals surface area contributed by atoms with Crippen LogP contribution in [-0.2, 0) is 11.4 Å². The van der Waals surface area contributed by atoms with Crippen molar-refractivity contribution >= 4 is 5.91 Å². The molecular weight excluding hydrogens is 323 g/mol. The van der Waals surface area contributed by atoms with E-state index in [0.717, 1.165) is 5.56 Å². The van der Waals surface area contributed by atoms with Gasteiger partial charge in [-0.1, -0.05) is 42.5 Å². The highest BCUT2D eigenvalue weighted by Crippen LogP contribution is 2.27. The van der Waals surface area contributed by atoms with Crippen LogP contribution in [0.25, 0.3) is 0 Å². The summed E-state index contributed by atoms with van der Waals surface area (Å²) in [6.45, 7) is -1.61. The topological polar surface area (TPSA) is 47.6 Å². The van der Waals surface area contributed by atoms with E-state index in [1.54, 1.807) is 29.6 Å². The summed E-state index contributed by atoms with van der Waals surface area (Å²) in [6, 6.07) is 16.1. The van der Waals surface area contributed by atoms with Crippen LogP contribution >= 0.6 is 0 Å². The number of para-hydroxylation sites is 2. The van der Waals surface area contributed by atoms with Crippen LogP contribution in [-0.4, -0.2) is 25.2 Å². The Morgan fingerprint density at radius 3 is 2.12 bits per heavy atom. The lowest BCUT2D eigenvalue weighted by atomic mass is 10.2. The smallest absolute Gasteiger partial charge is 0.405 e. The first kappa shape index (κ1) is 17.7. The Hall–Kier alpha value is -2.70. The van der Waals surface area contributed by atoms with Gasteiger partial charge in [0.2, 0.25) is 0 Å². The molecule has 0 radical (unpaired) electrons. The number of amides is 1. The fraction of sp³-hybridized carbons (Fsp3) is 0.235. The number of halogens is 3. The van der Waals surface area contributed by atoms with E-state index in [-0.39, 0.29) is 5.75 Å². The molecule has 0 bridgehead atoms. The molecule has 1 N–H and O–H groups in total. The van der Waals surface area contributed by atoms with Gasteiger partial charge in [-0.05, 0) is 17.7 Å². The third-order valence-electron chi connectivity index (χ3n) is 2.93. The molecule has 0 unspecified atom stereocenters. The van der Waals surface area contributed by atoms with E-state index < -0.39 is 25.2 Å². The molecule has 4 nitrogen and oxygen atoms in total. The van der Waals surface area contributed by atoms with Gasteiger partial charge in [0.15, 0.2) is 18.1 Å². The van der Waals surface area contributed by atoms with Crippen molar-refractivity contribution in [3.63, 3.8) is 0 Å². The van der Waals surface area contributed by atoms with E-state index in [0.29, 0.717) is 12.4 Å². The van der Waals surface area contributed by atoms with Gasteiger partial charge >= 0.3 is 6.18 Å². The number of benzene rings is 2.